The molecule has 3 heterocycles. The van der Waals surface area contributed by atoms with Crippen molar-refractivity contribution in [2.24, 2.45) is 0 Å². The molecule has 3 aromatic heterocycles. The predicted octanol–water partition coefficient (Wildman–Crippen LogP) is 5.91. The summed E-state index contributed by atoms with van der Waals surface area (Å²) in [5.41, 5.74) is 5.95. The maximum atomic E-state index is 12.7. The highest BCUT2D eigenvalue weighted by Gasteiger charge is 2.27. The van der Waals surface area contributed by atoms with Crippen LogP contribution in [-0.4, -0.2) is 52.6 Å². The molecule has 1 aromatic carbocycles. The largest absolute Gasteiger partial charge is 0.368 e. The van der Waals surface area contributed by atoms with Gasteiger partial charge in [0.05, 0.1) is 0 Å². The number of fused-ring (bicyclic) bond motifs is 1. The van der Waals surface area contributed by atoms with Crippen LogP contribution in [0.15, 0.2) is 59.8 Å². The van der Waals surface area contributed by atoms with E-state index in [2.05, 4.69) is 70.4 Å². The molecule has 0 spiro atoms. The molecule has 0 saturated heterocycles. The summed E-state index contributed by atoms with van der Waals surface area (Å²) < 4.78 is 0. The first kappa shape index (κ1) is 26.9. The lowest BCUT2D eigenvalue weighted by Gasteiger charge is -2.40. The van der Waals surface area contributed by atoms with Gasteiger partial charge >= 0.3 is 0 Å². The van der Waals surface area contributed by atoms with Crippen molar-refractivity contribution < 1.29 is 0 Å². The van der Waals surface area contributed by atoms with Gasteiger partial charge in [0.15, 0.2) is 0 Å². The van der Waals surface area contributed by atoms with Gasteiger partial charge in [0.25, 0.3) is 5.56 Å². The molecule has 7 heteroatoms. The van der Waals surface area contributed by atoms with Crippen LogP contribution in [0.1, 0.15) is 49.4 Å². The molecule has 1 aliphatic carbocycles. The minimum Gasteiger partial charge on any atom is -0.368 e. The molecular formula is C32H40N6O. The van der Waals surface area contributed by atoms with Crippen molar-refractivity contribution in [1.29, 1.82) is 0 Å². The lowest BCUT2D eigenvalue weighted by Crippen LogP contribution is -2.42. The molecule has 0 unspecified atom stereocenters. The van der Waals surface area contributed by atoms with Gasteiger partial charge in [0.2, 0.25) is 0 Å². The normalized spacial score (nSPS) is 17.5. The molecule has 0 bridgehead atoms. The lowest BCUT2D eigenvalue weighted by molar-refractivity contribution is 0.214. The standard InChI is InChI=1S/C32H40N6O/c1-6-38(26-11-9-25(10-12-26)37(4)5)30-18-24(23-8-7-14-33-19-23)17-28-27(30)13-15-34-31(28)35-20-29-21(2)16-22(3)36-32(29)39/h7-8,13-19,25-26H,6,9-12,20H2,1-5H3,(H,34,35)(H,36,39). The van der Waals surface area contributed by atoms with E-state index in [1.807, 2.05) is 44.6 Å². The molecule has 7 nitrogen and oxygen atoms in total. The number of nitrogens with one attached hydrogen (secondary N) is 2. The van der Waals surface area contributed by atoms with Crippen molar-refractivity contribution in [3.05, 3.63) is 82.2 Å². The Hall–Kier alpha value is -3.71. The molecule has 0 amide bonds. The highest BCUT2D eigenvalue weighted by Crippen LogP contribution is 2.38. The summed E-state index contributed by atoms with van der Waals surface area (Å²) in [6.07, 6.45) is 10.4. The van der Waals surface area contributed by atoms with Gasteiger partial charge in [-0.15, -0.1) is 0 Å². The summed E-state index contributed by atoms with van der Waals surface area (Å²) in [5.74, 6) is 0.784. The number of hydrogen-bond acceptors (Lipinski definition) is 6. The number of aryl methyl sites for hydroxylation is 2. The van der Waals surface area contributed by atoms with Crippen molar-refractivity contribution in [1.82, 2.24) is 19.9 Å². The van der Waals surface area contributed by atoms with Gasteiger partial charge < -0.3 is 20.1 Å². The third-order valence-corrected chi connectivity index (χ3v) is 8.27. The summed E-state index contributed by atoms with van der Waals surface area (Å²) >= 11 is 0. The fraction of sp³-hybridized carbons (Fsp3) is 0.406. The zero-order chi connectivity index (χ0) is 27.5. The Labute approximate surface area is 231 Å². The number of benzene rings is 1. The van der Waals surface area contributed by atoms with E-state index in [1.54, 1.807) is 0 Å². The van der Waals surface area contributed by atoms with Gasteiger partial charge in [-0.3, -0.25) is 9.78 Å². The fourth-order valence-corrected chi connectivity index (χ4v) is 6.13. The van der Waals surface area contributed by atoms with E-state index in [4.69, 9.17) is 4.98 Å². The zero-order valence-corrected chi connectivity index (χ0v) is 23.8. The Morgan fingerprint density at radius 3 is 2.41 bits per heavy atom. The summed E-state index contributed by atoms with van der Waals surface area (Å²) in [4.78, 5) is 29.7. The number of aromatic nitrogens is 3. The maximum absolute atomic E-state index is 12.7. The maximum Gasteiger partial charge on any atom is 0.253 e. The van der Waals surface area contributed by atoms with Crippen LogP contribution < -0.4 is 15.8 Å². The van der Waals surface area contributed by atoms with Crippen molar-refractivity contribution in [3.8, 4) is 11.1 Å². The minimum absolute atomic E-state index is 0.0533. The second-order valence-corrected chi connectivity index (χ2v) is 11.0. The molecule has 204 valence electrons. The van der Waals surface area contributed by atoms with Gasteiger partial charge in [-0.05, 0) is 102 Å². The van der Waals surface area contributed by atoms with E-state index in [9.17, 15) is 4.79 Å². The van der Waals surface area contributed by atoms with Crippen LogP contribution >= 0.6 is 0 Å². The third kappa shape index (κ3) is 5.69. The van der Waals surface area contributed by atoms with E-state index in [0.717, 1.165) is 45.7 Å². The van der Waals surface area contributed by atoms with Crippen LogP contribution in [0.3, 0.4) is 0 Å². The molecular weight excluding hydrogens is 484 g/mol. The summed E-state index contributed by atoms with van der Waals surface area (Å²) in [6.45, 7) is 7.50. The Balaban J connectivity index is 1.57. The Morgan fingerprint density at radius 2 is 1.74 bits per heavy atom. The second-order valence-electron chi connectivity index (χ2n) is 11.0. The van der Waals surface area contributed by atoms with Crippen LogP contribution in [0.2, 0.25) is 0 Å². The Bertz CT molecular complexity index is 1490. The Morgan fingerprint density at radius 1 is 0.974 bits per heavy atom. The number of aromatic amines is 1. The topological polar surface area (TPSA) is 77.1 Å². The molecule has 5 rings (SSSR count). The number of pyridine rings is 3. The van der Waals surface area contributed by atoms with E-state index in [-0.39, 0.29) is 5.56 Å². The minimum atomic E-state index is -0.0533. The first-order chi connectivity index (χ1) is 18.9. The van der Waals surface area contributed by atoms with Gasteiger partial charge in [0, 0.05) is 77.0 Å². The summed E-state index contributed by atoms with van der Waals surface area (Å²) in [6, 6.07) is 13.9. The third-order valence-electron chi connectivity index (χ3n) is 8.27. The SMILES string of the molecule is CCN(c1cc(-c2cccnc2)cc2c(NCc3c(C)cc(C)[nH]c3=O)nccc12)C1CCC(N(C)C)CC1. The number of nitrogens with zero attached hydrogens (tertiary/aromatic N) is 4. The average molecular weight is 525 g/mol. The molecule has 1 saturated carbocycles. The average Bonchev–Trinajstić information content (AvgIpc) is 2.93. The van der Waals surface area contributed by atoms with Crippen molar-refractivity contribution in [2.45, 2.75) is 65.1 Å². The van der Waals surface area contributed by atoms with Gasteiger partial charge in [-0.1, -0.05) is 6.07 Å². The van der Waals surface area contributed by atoms with Gasteiger partial charge in [0.1, 0.15) is 5.82 Å². The molecule has 0 aliphatic heterocycles. The van der Waals surface area contributed by atoms with Crippen LogP contribution in [-0.2, 0) is 6.54 Å². The first-order valence-electron chi connectivity index (χ1n) is 14.0. The molecule has 4 aromatic rings. The molecule has 2 N–H and O–H groups in total. The molecule has 0 atom stereocenters. The van der Waals surface area contributed by atoms with Gasteiger partial charge in [-0.25, -0.2) is 4.98 Å². The summed E-state index contributed by atoms with van der Waals surface area (Å²) in [5, 5.41) is 5.72. The van der Waals surface area contributed by atoms with Crippen LogP contribution in [0.25, 0.3) is 21.9 Å². The molecule has 1 aliphatic rings. The molecule has 1 fully saturated rings. The second kappa shape index (κ2) is 11.6. The van der Waals surface area contributed by atoms with E-state index >= 15 is 0 Å². The van der Waals surface area contributed by atoms with Gasteiger partial charge in [-0.2, -0.15) is 0 Å². The highest BCUT2D eigenvalue weighted by molar-refractivity contribution is 6.03. The smallest absolute Gasteiger partial charge is 0.253 e. The number of H-pyrrole nitrogens is 1. The number of rotatable bonds is 8. The van der Waals surface area contributed by atoms with Crippen molar-refractivity contribution in [3.63, 3.8) is 0 Å². The van der Waals surface area contributed by atoms with E-state index in [1.165, 1.54) is 36.8 Å². The number of hydrogen-bond donors (Lipinski definition) is 2. The first-order valence-corrected chi connectivity index (χ1v) is 14.0. The molecule has 39 heavy (non-hydrogen) atoms. The lowest BCUT2D eigenvalue weighted by atomic mass is 9.88. The predicted molar refractivity (Wildman–Crippen MR) is 162 cm³/mol. The summed E-state index contributed by atoms with van der Waals surface area (Å²) in [7, 11) is 4.39. The van der Waals surface area contributed by atoms with Crippen LogP contribution in [0.5, 0.6) is 0 Å². The Kier molecular flexibility index (Phi) is 7.98. The monoisotopic (exact) mass is 524 g/mol. The van der Waals surface area contributed by atoms with Crippen LogP contribution in [0, 0.1) is 13.8 Å². The highest BCUT2D eigenvalue weighted by atomic mass is 16.1. The van der Waals surface area contributed by atoms with Crippen molar-refractivity contribution in [2.75, 3.05) is 30.9 Å². The number of anilines is 2. The van der Waals surface area contributed by atoms with Crippen molar-refractivity contribution >= 4 is 22.3 Å². The van der Waals surface area contributed by atoms with E-state index < -0.39 is 0 Å². The molecule has 0 radical (unpaired) electrons. The quantitative estimate of drug-likeness (QED) is 0.298. The van der Waals surface area contributed by atoms with E-state index in [0.29, 0.717) is 18.6 Å². The zero-order valence-electron chi connectivity index (χ0n) is 23.8. The van der Waals surface area contributed by atoms with Crippen LogP contribution in [0.4, 0.5) is 11.5 Å². The fourth-order valence-electron chi connectivity index (χ4n) is 6.13.